The Morgan fingerprint density at radius 3 is 2.53 bits per heavy atom. The molecular formula is C25H23F2N5O4. The summed E-state index contributed by atoms with van der Waals surface area (Å²) >= 11 is 0. The van der Waals surface area contributed by atoms with Gasteiger partial charge in [0.25, 0.3) is 11.8 Å². The summed E-state index contributed by atoms with van der Waals surface area (Å²) in [5.41, 5.74) is 6.40. The van der Waals surface area contributed by atoms with Crippen LogP contribution in [-0.2, 0) is 7.05 Å². The van der Waals surface area contributed by atoms with E-state index in [0.29, 0.717) is 17.8 Å². The first-order valence-corrected chi connectivity index (χ1v) is 10.9. The summed E-state index contributed by atoms with van der Waals surface area (Å²) in [6, 6.07) is 10.5. The van der Waals surface area contributed by atoms with Gasteiger partial charge in [0.15, 0.2) is 11.5 Å². The van der Waals surface area contributed by atoms with Gasteiger partial charge >= 0.3 is 0 Å². The Morgan fingerprint density at radius 1 is 1.11 bits per heavy atom. The van der Waals surface area contributed by atoms with Crippen molar-refractivity contribution in [1.82, 2.24) is 14.5 Å². The third-order valence-corrected chi connectivity index (χ3v) is 5.03. The third kappa shape index (κ3) is 5.04. The summed E-state index contributed by atoms with van der Waals surface area (Å²) in [5, 5.41) is 17.7. The van der Waals surface area contributed by atoms with Crippen LogP contribution in [0.3, 0.4) is 0 Å². The van der Waals surface area contributed by atoms with Gasteiger partial charge in [-0.05, 0) is 36.8 Å². The van der Waals surface area contributed by atoms with Crippen LogP contribution in [0.1, 0.15) is 18.9 Å². The smallest absolute Gasteiger partial charge is 0.263 e. The van der Waals surface area contributed by atoms with Crippen molar-refractivity contribution in [2.45, 2.75) is 13.3 Å². The number of amidine groups is 1. The van der Waals surface area contributed by atoms with E-state index in [0.717, 1.165) is 0 Å². The monoisotopic (exact) mass is 495 g/mol. The quantitative estimate of drug-likeness (QED) is 0.217. The Kier molecular flexibility index (Phi) is 7.00. The van der Waals surface area contributed by atoms with Crippen LogP contribution in [-0.4, -0.2) is 32.1 Å². The highest BCUT2D eigenvalue weighted by molar-refractivity contribution is 5.95. The number of ether oxygens (including phenoxy) is 3. The van der Waals surface area contributed by atoms with Gasteiger partial charge in [-0.25, -0.2) is 4.98 Å². The molecule has 36 heavy (non-hydrogen) atoms. The Bertz CT molecular complexity index is 1420. The lowest BCUT2D eigenvalue weighted by atomic mass is 10.2. The second-order valence-corrected chi connectivity index (χ2v) is 7.72. The Morgan fingerprint density at radius 2 is 1.86 bits per heavy atom. The SMILES string of the molecule is CCCOc1c(F)c(Oc2cccc(-c3nccn3C)c2)nc(Oc2cc(C(=N)N)ccc2O)c1F. The number of hydrogen-bond acceptors (Lipinski definition) is 7. The van der Waals surface area contributed by atoms with Gasteiger partial charge in [-0.2, -0.15) is 13.8 Å². The molecule has 4 N–H and O–H groups in total. The number of nitrogens with two attached hydrogens (primary N) is 1. The van der Waals surface area contributed by atoms with Crippen molar-refractivity contribution in [3.8, 4) is 46.1 Å². The van der Waals surface area contributed by atoms with Crippen LogP contribution in [0.4, 0.5) is 8.78 Å². The molecule has 0 aliphatic heterocycles. The second-order valence-electron chi connectivity index (χ2n) is 7.72. The summed E-state index contributed by atoms with van der Waals surface area (Å²) < 4.78 is 48.6. The van der Waals surface area contributed by atoms with Crippen LogP contribution < -0.4 is 19.9 Å². The topological polar surface area (TPSA) is 128 Å². The van der Waals surface area contributed by atoms with E-state index in [1.54, 1.807) is 48.1 Å². The highest BCUT2D eigenvalue weighted by Gasteiger charge is 2.26. The molecule has 2 heterocycles. The van der Waals surface area contributed by atoms with Crippen molar-refractivity contribution in [3.05, 3.63) is 72.1 Å². The largest absolute Gasteiger partial charge is 0.504 e. The molecule has 186 valence electrons. The third-order valence-electron chi connectivity index (χ3n) is 5.03. The summed E-state index contributed by atoms with van der Waals surface area (Å²) in [6.07, 6.45) is 3.91. The van der Waals surface area contributed by atoms with Crippen molar-refractivity contribution in [1.29, 1.82) is 5.41 Å². The second kappa shape index (κ2) is 10.3. The number of nitrogen functional groups attached to an aromatic ring is 1. The van der Waals surface area contributed by atoms with Crippen molar-refractivity contribution in [2.75, 3.05) is 6.61 Å². The first-order valence-electron chi connectivity index (χ1n) is 10.9. The molecule has 4 aromatic rings. The standard InChI is InChI=1S/C25H23F2N5O4/c1-3-11-34-21-19(26)24(35-16-6-4-5-15(12-16)23-30-9-10-32(23)2)31-25(20(21)27)36-18-13-14(22(28)29)7-8-17(18)33/h4-10,12-13,33H,3,11H2,1-2H3,(H3,28,29). The highest BCUT2D eigenvalue weighted by atomic mass is 19.1. The average Bonchev–Trinajstić information content (AvgIpc) is 3.29. The first kappa shape index (κ1) is 24.5. The number of phenols is 1. The van der Waals surface area contributed by atoms with Gasteiger partial charge in [-0.3, -0.25) is 5.41 Å². The van der Waals surface area contributed by atoms with E-state index in [9.17, 15) is 5.11 Å². The van der Waals surface area contributed by atoms with Gasteiger partial charge in [0.05, 0.1) is 6.61 Å². The minimum absolute atomic E-state index is 0.0243. The zero-order valence-corrected chi connectivity index (χ0v) is 19.5. The van der Waals surface area contributed by atoms with Crippen LogP contribution in [0.15, 0.2) is 54.9 Å². The van der Waals surface area contributed by atoms with Crippen LogP contribution >= 0.6 is 0 Å². The van der Waals surface area contributed by atoms with E-state index >= 15 is 8.78 Å². The average molecular weight is 495 g/mol. The van der Waals surface area contributed by atoms with Gasteiger partial charge in [0.1, 0.15) is 17.4 Å². The lowest BCUT2D eigenvalue weighted by Crippen LogP contribution is -2.11. The number of pyridine rings is 1. The molecule has 0 atom stereocenters. The molecule has 0 saturated heterocycles. The van der Waals surface area contributed by atoms with E-state index < -0.39 is 29.1 Å². The number of rotatable bonds is 9. The number of halogens is 2. The van der Waals surface area contributed by atoms with Crippen molar-refractivity contribution < 1.29 is 28.1 Å². The fourth-order valence-electron chi connectivity index (χ4n) is 3.27. The maximum atomic E-state index is 15.2. The van der Waals surface area contributed by atoms with Crippen LogP contribution in [0.5, 0.6) is 34.8 Å². The Labute approximate surface area is 205 Å². The van der Waals surface area contributed by atoms with Gasteiger partial charge in [-0.1, -0.05) is 19.1 Å². The number of nitrogens with one attached hydrogen (secondary N) is 1. The van der Waals surface area contributed by atoms with Gasteiger partial charge in [0, 0.05) is 30.6 Å². The number of benzene rings is 2. The van der Waals surface area contributed by atoms with E-state index in [4.69, 9.17) is 25.4 Å². The molecule has 0 spiro atoms. The molecule has 0 amide bonds. The number of phenolic OH excluding ortho intramolecular Hbond substituents is 1. The van der Waals surface area contributed by atoms with E-state index in [1.807, 2.05) is 7.05 Å². The maximum Gasteiger partial charge on any atom is 0.263 e. The lowest BCUT2D eigenvalue weighted by Gasteiger charge is -2.15. The molecule has 0 aliphatic carbocycles. The zero-order valence-electron chi connectivity index (χ0n) is 19.5. The molecule has 2 aromatic carbocycles. The number of aromatic hydroxyl groups is 1. The molecule has 9 nitrogen and oxygen atoms in total. The van der Waals surface area contributed by atoms with Crippen molar-refractivity contribution in [2.24, 2.45) is 12.8 Å². The fraction of sp³-hybridized carbons (Fsp3) is 0.160. The van der Waals surface area contributed by atoms with Crippen LogP contribution in [0.2, 0.25) is 0 Å². The summed E-state index contributed by atoms with van der Waals surface area (Å²) in [4.78, 5) is 8.15. The molecule has 0 unspecified atom stereocenters. The molecule has 11 heteroatoms. The molecule has 0 saturated carbocycles. The van der Waals surface area contributed by atoms with E-state index in [2.05, 4.69) is 9.97 Å². The Hall–Kier alpha value is -4.67. The predicted molar refractivity (Wildman–Crippen MR) is 128 cm³/mol. The molecule has 0 bridgehead atoms. The van der Waals surface area contributed by atoms with Crippen LogP contribution in [0, 0.1) is 17.0 Å². The van der Waals surface area contributed by atoms with Gasteiger partial charge in [-0.15, -0.1) is 0 Å². The summed E-state index contributed by atoms with van der Waals surface area (Å²) in [5.74, 6) is -4.45. The highest BCUT2D eigenvalue weighted by Crippen LogP contribution is 2.39. The zero-order chi connectivity index (χ0) is 25.8. The number of hydrogen-bond donors (Lipinski definition) is 3. The Balaban J connectivity index is 1.75. The van der Waals surface area contributed by atoms with E-state index in [1.165, 1.54) is 18.2 Å². The normalized spacial score (nSPS) is 10.8. The predicted octanol–water partition coefficient (Wildman–Crippen LogP) is 5.12. The first-order chi connectivity index (χ1) is 17.3. The van der Waals surface area contributed by atoms with Gasteiger partial charge < -0.3 is 29.6 Å². The van der Waals surface area contributed by atoms with Crippen molar-refractivity contribution >= 4 is 5.84 Å². The molecule has 2 aromatic heterocycles. The number of nitrogens with zero attached hydrogens (tertiary/aromatic N) is 3. The summed E-state index contributed by atoms with van der Waals surface area (Å²) in [6.45, 7) is 1.80. The molecule has 0 aliphatic rings. The fourth-order valence-corrected chi connectivity index (χ4v) is 3.27. The molecule has 0 radical (unpaired) electrons. The number of aromatic nitrogens is 3. The molecular weight excluding hydrogens is 472 g/mol. The van der Waals surface area contributed by atoms with Gasteiger partial charge in [0.2, 0.25) is 17.4 Å². The number of aryl methyl sites for hydroxylation is 1. The maximum absolute atomic E-state index is 15.2. The van der Waals surface area contributed by atoms with Crippen molar-refractivity contribution in [3.63, 3.8) is 0 Å². The molecule has 0 fully saturated rings. The van der Waals surface area contributed by atoms with E-state index in [-0.39, 0.29) is 35.3 Å². The lowest BCUT2D eigenvalue weighted by molar-refractivity contribution is 0.266. The van der Waals surface area contributed by atoms with Crippen LogP contribution in [0.25, 0.3) is 11.4 Å². The minimum atomic E-state index is -1.22. The number of imidazole rings is 1. The molecule has 4 rings (SSSR count). The minimum Gasteiger partial charge on any atom is -0.504 e. The summed E-state index contributed by atoms with van der Waals surface area (Å²) in [7, 11) is 1.83.